The first-order valence-electron chi connectivity index (χ1n) is 5.91. The van der Waals surface area contributed by atoms with Gasteiger partial charge in [-0.25, -0.2) is 4.98 Å². The van der Waals surface area contributed by atoms with Crippen LogP contribution in [-0.4, -0.2) is 30.9 Å². The topological polar surface area (TPSA) is 83.1 Å². The molecule has 0 bridgehead atoms. The highest BCUT2D eigenvalue weighted by Crippen LogP contribution is 2.23. The Balaban J connectivity index is 2.23. The highest BCUT2D eigenvalue weighted by Gasteiger charge is 2.16. The fourth-order valence-corrected chi connectivity index (χ4v) is 2.29. The van der Waals surface area contributed by atoms with E-state index in [2.05, 4.69) is 20.9 Å². The second-order valence-corrected chi connectivity index (χ2v) is 4.89. The zero-order valence-electron chi connectivity index (χ0n) is 11.1. The lowest BCUT2D eigenvalue weighted by atomic mass is 10.1. The van der Waals surface area contributed by atoms with Crippen molar-refractivity contribution in [3.05, 3.63) is 41.6 Å². The summed E-state index contributed by atoms with van der Waals surface area (Å²) < 4.78 is 0. The molecule has 0 fully saturated rings. The van der Waals surface area contributed by atoms with Crippen molar-refractivity contribution < 1.29 is 9.59 Å². The third-order valence-corrected chi connectivity index (χ3v) is 3.55. The van der Waals surface area contributed by atoms with Crippen molar-refractivity contribution >= 4 is 33.3 Å². The highest BCUT2D eigenvalue weighted by atomic mass is 32.1. The van der Waals surface area contributed by atoms with Crippen molar-refractivity contribution in [3.8, 4) is 0 Å². The van der Waals surface area contributed by atoms with E-state index in [-0.39, 0.29) is 11.8 Å². The highest BCUT2D eigenvalue weighted by molar-refractivity contribution is 7.19. The van der Waals surface area contributed by atoms with Gasteiger partial charge in [-0.05, 0) is 12.1 Å². The summed E-state index contributed by atoms with van der Waals surface area (Å²) in [6.07, 6.45) is 1.63. The van der Waals surface area contributed by atoms with Crippen LogP contribution < -0.4 is 16.0 Å². The smallest absolute Gasteiger partial charge is 0.258 e. The molecule has 7 heteroatoms. The van der Waals surface area contributed by atoms with Crippen LogP contribution in [0.2, 0.25) is 0 Å². The van der Waals surface area contributed by atoms with Crippen LogP contribution in [0, 0.1) is 0 Å². The molecule has 0 unspecified atom stereocenters. The summed E-state index contributed by atoms with van der Waals surface area (Å²) in [5, 5.41) is 9.46. The molecule has 0 atom stereocenters. The fourth-order valence-electron chi connectivity index (χ4n) is 1.63. The zero-order chi connectivity index (χ0) is 14.5. The molecule has 0 radical (unpaired) electrons. The molecule has 2 aromatic rings. The van der Waals surface area contributed by atoms with Gasteiger partial charge in [0.2, 0.25) is 0 Å². The van der Waals surface area contributed by atoms with Crippen LogP contribution in [0.5, 0.6) is 0 Å². The minimum atomic E-state index is -0.360. The number of aromatic nitrogens is 1. The molecule has 0 aliphatic rings. The minimum absolute atomic E-state index is 0.300. The molecule has 0 saturated heterocycles. The number of carbonyl (C=O) groups excluding carboxylic acids is 2. The first-order valence-corrected chi connectivity index (χ1v) is 6.73. The molecular weight excluding hydrogens is 276 g/mol. The average Bonchev–Trinajstić information content (AvgIpc) is 2.94. The minimum Gasteiger partial charge on any atom is -0.379 e. The Labute approximate surface area is 120 Å². The summed E-state index contributed by atoms with van der Waals surface area (Å²) in [6, 6.07) is 6.63. The molecule has 1 aromatic carbocycles. The van der Waals surface area contributed by atoms with E-state index >= 15 is 0 Å². The first-order chi connectivity index (χ1) is 9.65. The Hall–Kier alpha value is -2.41. The van der Waals surface area contributed by atoms with Crippen molar-refractivity contribution in [1.29, 1.82) is 0 Å². The van der Waals surface area contributed by atoms with Gasteiger partial charge in [-0.1, -0.05) is 23.5 Å². The second kappa shape index (κ2) is 6.16. The van der Waals surface area contributed by atoms with Gasteiger partial charge >= 0.3 is 0 Å². The normalized spacial score (nSPS) is 9.90. The first kappa shape index (κ1) is 14.0. The van der Waals surface area contributed by atoms with Gasteiger partial charge in [0, 0.05) is 14.1 Å². The number of nitrogens with zero attached hydrogens (tertiary/aromatic N) is 1. The Bertz CT molecular complexity index is 639. The third kappa shape index (κ3) is 2.94. The number of amides is 2. The maximum atomic E-state index is 12.2. The van der Waals surface area contributed by atoms with Crippen molar-refractivity contribution in [2.24, 2.45) is 0 Å². The lowest BCUT2D eigenvalue weighted by molar-refractivity contribution is 0.0948. The van der Waals surface area contributed by atoms with Gasteiger partial charge in [-0.15, -0.1) is 0 Å². The Morgan fingerprint density at radius 3 is 2.30 bits per heavy atom. The number of carbonyl (C=O) groups is 2. The average molecular weight is 290 g/mol. The fraction of sp³-hybridized carbons (Fsp3) is 0.154. The number of hydrogen-bond acceptors (Lipinski definition) is 5. The van der Waals surface area contributed by atoms with Crippen LogP contribution in [0.4, 0.5) is 10.1 Å². The van der Waals surface area contributed by atoms with Crippen LogP contribution in [0.15, 0.2) is 30.5 Å². The molecule has 0 saturated carbocycles. The molecule has 1 heterocycles. The van der Waals surface area contributed by atoms with Crippen LogP contribution in [0.3, 0.4) is 0 Å². The summed E-state index contributed by atoms with van der Waals surface area (Å²) in [5.74, 6) is -0.660. The molecule has 20 heavy (non-hydrogen) atoms. The Morgan fingerprint density at radius 2 is 1.75 bits per heavy atom. The number of anilines is 2. The molecule has 2 rings (SSSR count). The van der Waals surface area contributed by atoms with Crippen molar-refractivity contribution in [1.82, 2.24) is 10.3 Å². The predicted octanol–water partition coefficient (Wildman–Crippen LogP) is 1.80. The molecule has 0 spiro atoms. The van der Waals surface area contributed by atoms with Gasteiger partial charge < -0.3 is 10.6 Å². The standard InChI is InChI=1S/C13H14N4O2S/c1-14-10-7-16-13(20-10)17-12(19)9-6-4-3-5-8(9)11(18)15-2/h3-7,14H,1-2H3,(H,15,18)(H,16,17,19). The Kier molecular flexibility index (Phi) is 4.31. The third-order valence-electron chi connectivity index (χ3n) is 2.62. The van der Waals surface area contributed by atoms with E-state index in [1.165, 1.54) is 18.4 Å². The summed E-state index contributed by atoms with van der Waals surface area (Å²) in [6.45, 7) is 0. The lowest BCUT2D eigenvalue weighted by Crippen LogP contribution is -2.23. The SMILES string of the molecule is CNC(=O)c1ccccc1C(=O)Nc1ncc(NC)s1. The molecule has 104 valence electrons. The summed E-state index contributed by atoms with van der Waals surface area (Å²) in [4.78, 5) is 28.0. The molecule has 1 aromatic heterocycles. The molecule has 3 N–H and O–H groups in total. The monoisotopic (exact) mass is 290 g/mol. The van der Waals surface area contributed by atoms with E-state index in [9.17, 15) is 9.59 Å². The maximum absolute atomic E-state index is 12.2. The summed E-state index contributed by atoms with van der Waals surface area (Å²) in [5.41, 5.74) is 0.644. The van der Waals surface area contributed by atoms with Gasteiger partial charge in [0.1, 0.15) is 5.00 Å². The summed E-state index contributed by atoms with van der Waals surface area (Å²) >= 11 is 1.32. The number of rotatable bonds is 4. The van der Waals surface area contributed by atoms with E-state index in [1.54, 1.807) is 37.5 Å². The van der Waals surface area contributed by atoms with Crippen LogP contribution in [-0.2, 0) is 0 Å². The molecular formula is C13H14N4O2S. The molecule has 6 nitrogen and oxygen atoms in total. The number of hydrogen-bond donors (Lipinski definition) is 3. The maximum Gasteiger partial charge on any atom is 0.258 e. The van der Waals surface area contributed by atoms with Gasteiger partial charge in [-0.3, -0.25) is 14.9 Å². The second-order valence-electron chi connectivity index (χ2n) is 3.86. The quantitative estimate of drug-likeness (QED) is 0.801. The Morgan fingerprint density at radius 1 is 1.10 bits per heavy atom. The van der Waals surface area contributed by atoms with Crippen molar-refractivity contribution in [2.75, 3.05) is 24.7 Å². The van der Waals surface area contributed by atoms with Gasteiger partial charge in [-0.2, -0.15) is 0 Å². The largest absolute Gasteiger partial charge is 0.379 e. The predicted molar refractivity (Wildman–Crippen MR) is 79.4 cm³/mol. The summed E-state index contributed by atoms with van der Waals surface area (Å²) in [7, 11) is 3.30. The van der Waals surface area contributed by atoms with E-state index in [1.807, 2.05) is 0 Å². The van der Waals surface area contributed by atoms with E-state index in [4.69, 9.17) is 0 Å². The van der Waals surface area contributed by atoms with Gasteiger partial charge in [0.05, 0.1) is 17.3 Å². The zero-order valence-corrected chi connectivity index (χ0v) is 11.9. The number of benzene rings is 1. The molecule has 2 amide bonds. The number of thiazole rings is 1. The van der Waals surface area contributed by atoms with E-state index < -0.39 is 0 Å². The van der Waals surface area contributed by atoms with Crippen LogP contribution >= 0.6 is 11.3 Å². The van der Waals surface area contributed by atoms with Gasteiger partial charge in [0.25, 0.3) is 11.8 Å². The van der Waals surface area contributed by atoms with Crippen LogP contribution in [0.1, 0.15) is 20.7 Å². The van der Waals surface area contributed by atoms with E-state index in [0.717, 1.165) is 5.00 Å². The van der Waals surface area contributed by atoms with Gasteiger partial charge in [0.15, 0.2) is 5.13 Å². The molecule has 0 aliphatic carbocycles. The number of nitrogens with one attached hydrogen (secondary N) is 3. The van der Waals surface area contributed by atoms with E-state index in [0.29, 0.717) is 16.3 Å². The van der Waals surface area contributed by atoms with Crippen LogP contribution in [0.25, 0.3) is 0 Å². The lowest BCUT2D eigenvalue weighted by Gasteiger charge is -2.07. The molecule has 0 aliphatic heterocycles. The van der Waals surface area contributed by atoms with Crippen molar-refractivity contribution in [2.45, 2.75) is 0 Å². The van der Waals surface area contributed by atoms with Crippen molar-refractivity contribution in [3.63, 3.8) is 0 Å².